The van der Waals surface area contributed by atoms with Gasteiger partial charge in [0.1, 0.15) is 11.5 Å². The number of Topliss-reactive ketones (excluding diaryl/α,β-unsaturated/α-hetero) is 2. The van der Waals surface area contributed by atoms with Gasteiger partial charge in [0.2, 0.25) is 5.91 Å². The molecule has 4 aliphatic rings. The molecule has 0 saturated heterocycles. The largest absolute Gasteiger partial charge is 0.494 e. The van der Waals surface area contributed by atoms with Gasteiger partial charge in [-0.3, -0.25) is 14.4 Å². The third-order valence-electron chi connectivity index (χ3n) is 7.55. The lowest BCUT2D eigenvalue weighted by Crippen LogP contribution is -2.49. The number of nitrogens with one attached hydrogen (secondary N) is 2. The van der Waals surface area contributed by atoms with Crippen LogP contribution >= 0.6 is 0 Å². The molecule has 0 aliphatic carbocycles. The van der Waals surface area contributed by atoms with Crippen LogP contribution in [0, 0.1) is 11.8 Å². The van der Waals surface area contributed by atoms with Crippen molar-refractivity contribution in [2.75, 3.05) is 13.2 Å². The number of benzene rings is 2. The van der Waals surface area contributed by atoms with Crippen LogP contribution in [0.4, 0.5) is 0 Å². The summed E-state index contributed by atoms with van der Waals surface area (Å²) in [5.74, 6) is -0.900. The number of hydrogen-bond acceptors (Lipinski definition) is 7. The molecule has 5 heterocycles. The van der Waals surface area contributed by atoms with Crippen molar-refractivity contribution in [3.8, 4) is 11.5 Å². The average molecular weight is 589 g/mol. The number of ether oxygens (including phenoxy) is 2. The summed E-state index contributed by atoms with van der Waals surface area (Å²) in [4.78, 5) is 42.6. The van der Waals surface area contributed by atoms with Gasteiger partial charge in [0, 0.05) is 18.8 Å². The van der Waals surface area contributed by atoms with Crippen LogP contribution in [0.3, 0.4) is 0 Å². The molecule has 1 amide bonds. The number of aryl methyl sites for hydroxylation is 1. The molecule has 0 radical (unpaired) electrons. The van der Waals surface area contributed by atoms with Gasteiger partial charge in [-0.15, -0.1) is 0 Å². The Morgan fingerprint density at radius 3 is 1.95 bits per heavy atom. The summed E-state index contributed by atoms with van der Waals surface area (Å²) in [5, 5.41) is 22.5. The monoisotopic (exact) mass is 588 g/mol. The molecule has 9 nitrogen and oxygen atoms in total. The molecule has 228 valence electrons. The number of H-pyrrole nitrogens is 1. The molecule has 1 aromatic heterocycles. The normalized spacial score (nSPS) is 17.6. The van der Waals surface area contributed by atoms with E-state index in [-0.39, 0.29) is 42.4 Å². The maximum Gasteiger partial charge on any atom is 0.475 e. The predicted octanol–water partition coefficient (Wildman–Crippen LogP) is 4.36. The molecular formula is C33H41BN2O7. The lowest BCUT2D eigenvalue weighted by atomic mass is 9.74. The number of aromatic nitrogens is 1. The Balaban J connectivity index is 1.55. The van der Waals surface area contributed by atoms with Crippen LogP contribution in [-0.2, 0) is 17.6 Å². The molecule has 6 bridgehead atoms. The first-order chi connectivity index (χ1) is 20.7. The molecule has 4 N–H and O–H groups in total. The average Bonchev–Trinajstić information content (AvgIpc) is 3.48. The highest BCUT2D eigenvalue weighted by molar-refractivity contribution is 6.43. The van der Waals surface area contributed by atoms with E-state index in [4.69, 9.17) is 9.47 Å². The minimum atomic E-state index is -1.73. The molecule has 2 aromatic carbocycles. The Labute approximate surface area is 253 Å². The van der Waals surface area contributed by atoms with Crippen LogP contribution in [0.5, 0.6) is 11.5 Å². The van der Waals surface area contributed by atoms with E-state index in [2.05, 4.69) is 10.3 Å². The van der Waals surface area contributed by atoms with Gasteiger partial charge in [0.05, 0.1) is 30.5 Å². The first kappa shape index (κ1) is 32.0. The van der Waals surface area contributed by atoms with Crippen molar-refractivity contribution in [3.63, 3.8) is 0 Å². The van der Waals surface area contributed by atoms with E-state index in [1.54, 1.807) is 12.1 Å². The van der Waals surface area contributed by atoms with Crippen molar-refractivity contribution in [2.24, 2.45) is 11.8 Å². The van der Waals surface area contributed by atoms with Crippen LogP contribution in [0.15, 0.2) is 60.7 Å². The zero-order chi connectivity index (χ0) is 30.8. The molecule has 0 unspecified atom stereocenters. The topological polar surface area (TPSA) is 138 Å². The van der Waals surface area contributed by atoms with E-state index in [0.29, 0.717) is 37.5 Å². The second-order valence-corrected chi connectivity index (χ2v) is 11.6. The van der Waals surface area contributed by atoms with Crippen LogP contribution in [0.25, 0.3) is 0 Å². The van der Waals surface area contributed by atoms with Gasteiger partial charge in [-0.2, -0.15) is 0 Å². The van der Waals surface area contributed by atoms with Gasteiger partial charge in [0.25, 0.3) is 0 Å². The first-order valence-corrected chi connectivity index (χ1v) is 15.0. The number of rotatable bonds is 5. The number of ketones is 2. The van der Waals surface area contributed by atoms with Gasteiger partial charge >= 0.3 is 7.12 Å². The van der Waals surface area contributed by atoms with Crippen molar-refractivity contribution in [2.45, 2.75) is 64.7 Å². The standard InChI is InChI=1S/C33H41BN2O7/c1-22(2)19-32(34(40)41)36-33(39)25-20-24-7-12-27(13-8-24)43-18-4-3-17-42-26-10-5-23(6-11-26)9-16-30(37)28-14-15-29(35-28)31(38)21-25/h5-8,10-15,22,25,32,35,40-41H,3-4,9,16-21H2,1-2H3,(H,36,39)/t25-,32+/m1/s1. The Bertz CT molecular complexity index is 1350. The SMILES string of the molecule is CC(C)C[C@H](NC(=O)[C@H]1CC(=O)c2ccc([nH]2)C(=O)CCc2ccc(cc2)OCCCCOc2ccc(cc2)C1)B(O)O. The highest BCUT2D eigenvalue weighted by Crippen LogP contribution is 2.21. The van der Waals surface area contributed by atoms with Crippen LogP contribution in [0.1, 0.15) is 78.1 Å². The molecule has 0 spiro atoms. The van der Waals surface area contributed by atoms with E-state index in [1.807, 2.05) is 62.4 Å². The molecule has 7 rings (SSSR count). The van der Waals surface area contributed by atoms with E-state index in [9.17, 15) is 24.4 Å². The van der Waals surface area contributed by atoms with Gasteiger partial charge in [0.15, 0.2) is 11.6 Å². The van der Waals surface area contributed by atoms with Gasteiger partial charge in [-0.25, -0.2) is 0 Å². The zero-order valence-electron chi connectivity index (χ0n) is 24.9. The number of aromatic amines is 1. The molecular weight excluding hydrogens is 547 g/mol. The van der Waals surface area contributed by atoms with E-state index in [1.165, 1.54) is 0 Å². The number of carbonyl (C=O) groups is 3. The molecule has 4 aliphatic heterocycles. The third kappa shape index (κ3) is 9.83. The highest BCUT2D eigenvalue weighted by Gasteiger charge is 2.31. The third-order valence-corrected chi connectivity index (χ3v) is 7.55. The zero-order valence-corrected chi connectivity index (χ0v) is 24.9. The Morgan fingerprint density at radius 1 is 0.837 bits per heavy atom. The molecule has 2 atom stereocenters. The fourth-order valence-electron chi connectivity index (χ4n) is 5.11. The minimum Gasteiger partial charge on any atom is -0.494 e. The summed E-state index contributed by atoms with van der Waals surface area (Å²) < 4.78 is 11.7. The summed E-state index contributed by atoms with van der Waals surface area (Å²) in [7, 11) is -1.73. The second-order valence-electron chi connectivity index (χ2n) is 11.6. The Hall–Kier alpha value is -3.89. The molecule has 10 heteroatoms. The number of hydrogen-bond donors (Lipinski definition) is 4. The fourth-order valence-corrected chi connectivity index (χ4v) is 5.11. The van der Waals surface area contributed by atoms with Crippen molar-refractivity contribution in [1.82, 2.24) is 10.3 Å². The number of carbonyl (C=O) groups excluding carboxylic acids is 3. The molecule has 43 heavy (non-hydrogen) atoms. The quantitative estimate of drug-likeness (QED) is 0.325. The Morgan fingerprint density at radius 2 is 1.40 bits per heavy atom. The summed E-state index contributed by atoms with van der Waals surface area (Å²) in [6.45, 7) is 4.96. The van der Waals surface area contributed by atoms with Crippen molar-refractivity contribution in [3.05, 3.63) is 83.2 Å². The molecule has 0 saturated carbocycles. The fraction of sp³-hybridized carbons (Fsp3) is 0.424. The summed E-state index contributed by atoms with van der Waals surface area (Å²) in [5.41, 5.74) is 2.44. The van der Waals surface area contributed by atoms with Crippen molar-refractivity contribution < 1.29 is 33.9 Å². The smallest absolute Gasteiger partial charge is 0.475 e. The van der Waals surface area contributed by atoms with Gasteiger partial charge in [-0.1, -0.05) is 38.1 Å². The Kier molecular flexibility index (Phi) is 11.6. The van der Waals surface area contributed by atoms with Crippen LogP contribution < -0.4 is 14.8 Å². The lowest BCUT2D eigenvalue weighted by molar-refractivity contribution is -0.125. The van der Waals surface area contributed by atoms with Crippen LogP contribution in [0.2, 0.25) is 0 Å². The maximum atomic E-state index is 13.4. The molecule has 3 aromatic rings. The van der Waals surface area contributed by atoms with E-state index in [0.717, 1.165) is 29.7 Å². The van der Waals surface area contributed by atoms with Crippen molar-refractivity contribution >= 4 is 24.6 Å². The highest BCUT2D eigenvalue weighted by atomic mass is 16.5. The summed E-state index contributed by atoms with van der Waals surface area (Å²) in [6.07, 6.45) is 2.98. The van der Waals surface area contributed by atoms with E-state index < -0.39 is 24.9 Å². The molecule has 0 fully saturated rings. The van der Waals surface area contributed by atoms with E-state index >= 15 is 0 Å². The van der Waals surface area contributed by atoms with Gasteiger partial charge < -0.3 is 29.8 Å². The first-order valence-electron chi connectivity index (χ1n) is 15.0. The second kappa shape index (κ2) is 15.5. The minimum absolute atomic E-state index is 0.112. The van der Waals surface area contributed by atoms with Crippen molar-refractivity contribution in [1.29, 1.82) is 0 Å². The van der Waals surface area contributed by atoms with Gasteiger partial charge in [-0.05, 0) is 85.5 Å². The lowest BCUT2D eigenvalue weighted by Gasteiger charge is -2.23. The van der Waals surface area contributed by atoms with Crippen LogP contribution in [-0.4, -0.2) is 58.8 Å². The summed E-state index contributed by atoms with van der Waals surface area (Å²) in [6, 6.07) is 18.3. The summed E-state index contributed by atoms with van der Waals surface area (Å²) >= 11 is 0. The number of amides is 1. The maximum absolute atomic E-state index is 13.4. The predicted molar refractivity (Wildman–Crippen MR) is 164 cm³/mol.